The van der Waals surface area contributed by atoms with E-state index in [4.69, 9.17) is 15.2 Å². The minimum absolute atomic E-state index is 0.00789. The average Bonchev–Trinajstić information content (AvgIpc) is 3.18. The van der Waals surface area contributed by atoms with E-state index in [1.54, 1.807) is 43.3 Å². The van der Waals surface area contributed by atoms with Crippen LogP contribution < -0.4 is 15.2 Å². The number of alkyl halides is 2. The highest BCUT2D eigenvalue weighted by Gasteiger charge is 2.40. The Morgan fingerprint density at radius 2 is 1.84 bits per heavy atom. The first-order valence-electron chi connectivity index (χ1n) is 9.81. The first-order chi connectivity index (χ1) is 15.3. The van der Waals surface area contributed by atoms with E-state index in [-0.39, 0.29) is 18.4 Å². The van der Waals surface area contributed by atoms with Crippen LogP contribution in [0.2, 0.25) is 0 Å². The molecule has 0 aliphatic carbocycles. The van der Waals surface area contributed by atoms with Gasteiger partial charge in [-0.25, -0.2) is 9.38 Å². The molecule has 1 aliphatic heterocycles. The van der Waals surface area contributed by atoms with E-state index in [0.29, 0.717) is 33.6 Å². The number of aliphatic imine (C=N–C) groups is 1. The molecule has 0 bridgehead atoms. The molecular formula is C24H21F3N2O3. The number of nitrogens with zero attached hydrogens (tertiary/aromatic N) is 1. The summed E-state index contributed by atoms with van der Waals surface area (Å²) in [6.07, 6.45) is 0. The Balaban J connectivity index is 1.83. The number of nitrogens with two attached hydrogens (primary N) is 1. The highest BCUT2D eigenvalue weighted by atomic mass is 19.3. The van der Waals surface area contributed by atoms with Crippen LogP contribution in [0.15, 0.2) is 65.7 Å². The summed E-state index contributed by atoms with van der Waals surface area (Å²) in [5.41, 5.74) is 7.72. The lowest BCUT2D eigenvalue weighted by molar-refractivity contribution is -0.0503. The number of ether oxygens (including phenoxy) is 3. The molecule has 0 aromatic heterocycles. The van der Waals surface area contributed by atoms with Crippen molar-refractivity contribution in [3.63, 3.8) is 0 Å². The maximum atomic E-state index is 14.6. The van der Waals surface area contributed by atoms with Gasteiger partial charge < -0.3 is 19.9 Å². The molecule has 0 amide bonds. The molecule has 32 heavy (non-hydrogen) atoms. The lowest BCUT2D eigenvalue weighted by Gasteiger charge is -2.26. The molecule has 0 spiro atoms. The summed E-state index contributed by atoms with van der Waals surface area (Å²) in [5, 5.41) is 0. The summed E-state index contributed by atoms with van der Waals surface area (Å²) in [6, 6.07) is 16.6. The number of rotatable bonds is 6. The second-order valence-corrected chi connectivity index (χ2v) is 7.38. The van der Waals surface area contributed by atoms with Gasteiger partial charge in [0.1, 0.15) is 23.9 Å². The smallest absolute Gasteiger partial charge is 0.387 e. The molecule has 8 heteroatoms. The number of benzene rings is 3. The number of amidine groups is 1. The van der Waals surface area contributed by atoms with Crippen molar-refractivity contribution in [3.05, 3.63) is 83.2 Å². The van der Waals surface area contributed by atoms with Gasteiger partial charge in [-0.3, -0.25) is 0 Å². The SMILES string of the molecule is COc1ccc(F)c(-c2cccc([C@]3(c4ccc(OC(F)F)c(C)c4)COC(N)=N3)c2)c1. The van der Waals surface area contributed by atoms with E-state index >= 15 is 0 Å². The van der Waals surface area contributed by atoms with E-state index in [1.165, 1.54) is 19.2 Å². The molecule has 4 rings (SSSR count). The van der Waals surface area contributed by atoms with Gasteiger partial charge in [0.15, 0.2) is 5.54 Å². The minimum Gasteiger partial charge on any atom is -0.497 e. The van der Waals surface area contributed by atoms with E-state index < -0.39 is 18.0 Å². The minimum atomic E-state index is -2.92. The van der Waals surface area contributed by atoms with Crippen molar-refractivity contribution in [2.24, 2.45) is 10.7 Å². The Kier molecular flexibility index (Phi) is 5.69. The van der Waals surface area contributed by atoms with Crippen molar-refractivity contribution in [2.45, 2.75) is 19.1 Å². The summed E-state index contributed by atoms with van der Waals surface area (Å²) in [6.45, 7) is -1.15. The van der Waals surface area contributed by atoms with Crippen LogP contribution in [-0.4, -0.2) is 26.3 Å². The molecule has 0 saturated heterocycles. The summed E-state index contributed by atoms with van der Waals surface area (Å²) in [4.78, 5) is 4.55. The fourth-order valence-electron chi connectivity index (χ4n) is 3.82. The molecule has 0 fully saturated rings. The summed E-state index contributed by atoms with van der Waals surface area (Å²) in [5.74, 6) is 0.201. The molecule has 166 valence electrons. The fourth-order valence-corrected chi connectivity index (χ4v) is 3.82. The Morgan fingerprint density at radius 3 is 2.50 bits per heavy atom. The first kappa shape index (κ1) is 21.5. The third-order valence-corrected chi connectivity index (χ3v) is 5.42. The monoisotopic (exact) mass is 442 g/mol. The number of hydrogen-bond donors (Lipinski definition) is 1. The third-order valence-electron chi connectivity index (χ3n) is 5.42. The van der Waals surface area contributed by atoms with Crippen LogP contribution in [-0.2, 0) is 10.3 Å². The van der Waals surface area contributed by atoms with Crippen LogP contribution in [0.4, 0.5) is 13.2 Å². The van der Waals surface area contributed by atoms with E-state index in [9.17, 15) is 13.2 Å². The molecule has 1 aliphatic rings. The molecule has 3 aromatic rings. The van der Waals surface area contributed by atoms with E-state index in [1.807, 2.05) is 12.1 Å². The quantitative estimate of drug-likeness (QED) is 0.584. The Labute approximate surface area is 183 Å². The van der Waals surface area contributed by atoms with Gasteiger partial charge in [0, 0.05) is 5.56 Å². The standard InChI is InChI=1S/C24H21F3N2O3/c1-14-10-17(6-9-21(14)32-22(26)27)24(13-31-23(28)29-24)16-5-3-4-15(11-16)19-12-18(30-2)7-8-20(19)25/h3-12,22H,13H2,1-2H3,(H2,28,29)/t24-/m0/s1. The van der Waals surface area contributed by atoms with Crippen molar-refractivity contribution in [1.82, 2.24) is 0 Å². The van der Waals surface area contributed by atoms with Crippen LogP contribution in [0.1, 0.15) is 16.7 Å². The molecule has 0 saturated carbocycles. The predicted octanol–water partition coefficient (Wildman–Crippen LogP) is 5.00. The Morgan fingerprint density at radius 1 is 1.06 bits per heavy atom. The number of methoxy groups -OCH3 is 1. The lowest BCUT2D eigenvalue weighted by atomic mass is 9.82. The summed E-state index contributed by atoms with van der Waals surface area (Å²) >= 11 is 0. The van der Waals surface area contributed by atoms with Crippen LogP contribution in [0.5, 0.6) is 11.5 Å². The molecule has 2 N–H and O–H groups in total. The third kappa shape index (κ3) is 3.95. The molecule has 1 heterocycles. The van der Waals surface area contributed by atoms with Gasteiger partial charge >= 0.3 is 6.61 Å². The highest BCUT2D eigenvalue weighted by molar-refractivity contribution is 5.76. The van der Waals surface area contributed by atoms with Crippen LogP contribution in [0, 0.1) is 12.7 Å². The summed E-state index contributed by atoms with van der Waals surface area (Å²) < 4.78 is 55.2. The normalized spacial score (nSPS) is 17.8. The number of hydrogen-bond acceptors (Lipinski definition) is 5. The van der Waals surface area contributed by atoms with Gasteiger partial charge in [-0.15, -0.1) is 0 Å². The van der Waals surface area contributed by atoms with Gasteiger partial charge in [0.25, 0.3) is 6.02 Å². The first-order valence-corrected chi connectivity index (χ1v) is 9.81. The zero-order chi connectivity index (χ0) is 22.9. The zero-order valence-corrected chi connectivity index (χ0v) is 17.4. The van der Waals surface area contributed by atoms with Gasteiger partial charge in [-0.1, -0.05) is 24.3 Å². The highest BCUT2D eigenvalue weighted by Crippen LogP contribution is 2.41. The lowest BCUT2D eigenvalue weighted by Crippen LogP contribution is -2.27. The fraction of sp³-hybridized carbons (Fsp3) is 0.208. The number of aryl methyl sites for hydroxylation is 1. The Bertz CT molecular complexity index is 1180. The molecule has 1 atom stereocenters. The van der Waals surface area contributed by atoms with Crippen molar-refractivity contribution in [1.29, 1.82) is 0 Å². The molecule has 0 unspecified atom stereocenters. The molecule has 0 radical (unpaired) electrons. The molecule has 3 aromatic carbocycles. The zero-order valence-electron chi connectivity index (χ0n) is 17.4. The molecular weight excluding hydrogens is 421 g/mol. The number of halogens is 3. The van der Waals surface area contributed by atoms with Crippen LogP contribution >= 0.6 is 0 Å². The van der Waals surface area contributed by atoms with Crippen molar-refractivity contribution in [3.8, 4) is 22.6 Å². The van der Waals surface area contributed by atoms with E-state index in [2.05, 4.69) is 9.73 Å². The van der Waals surface area contributed by atoms with E-state index in [0.717, 1.165) is 0 Å². The maximum Gasteiger partial charge on any atom is 0.387 e. The van der Waals surface area contributed by atoms with Crippen molar-refractivity contribution < 1.29 is 27.4 Å². The van der Waals surface area contributed by atoms with Crippen LogP contribution in [0.3, 0.4) is 0 Å². The van der Waals surface area contributed by atoms with Gasteiger partial charge in [0.05, 0.1) is 7.11 Å². The second kappa shape index (κ2) is 8.45. The largest absolute Gasteiger partial charge is 0.497 e. The predicted molar refractivity (Wildman–Crippen MR) is 115 cm³/mol. The molecule has 5 nitrogen and oxygen atoms in total. The van der Waals surface area contributed by atoms with Gasteiger partial charge in [0.2, 0.25) is 0 Å². The average molecular weight is 442 g/mol. The van der Waals surface area contributed by atoms with Crippen molar-refractivity contribution >= 4 is 6.02 Å². The topological polar surface area (TPSA) is 66.1 Å². The summed E-state index contributed by atoms with van der Waals surface area (Å²) in [7, 11) is 1.51. The van der Waals surface area contributed by atoms with Gasteiger partial charge in [-0.2, -0.15) is 8.78 Å². The van der Waals surface area contributed by atoms with Gasteiger partial charge in [-0.05, 0) is 65.6 Å². The maximum absolute atomic E-state index is 14.6. The Hall–Kier alpha value is -3.68. The van der Waals surface area contributed by atoms with Crippen LogP contribution in [0.25, 0.3) is 11.1 Å². The van der Waals surface area contributed by atoms with Crippen molar-refractivity contribution in [2.75, 3.05) is 13.7 Å². The second-order valence-electron chi connectivity index (χ2n) is 7.38.